The van der Waals surface area contributed by atoms with E-state index in [1.54, 1.807) is 40.1 Å². The largest absolute Gasteiger partial charge is 0.454 e. The predicted octanol–water partition coefficient (Wildman–Crippen LogP) is 2.58. The third-order valence-electron chi connectivity index (χ3n) is 5.35. The van der Waals surface area contributed by atoms with Crippen LogP contribution in [0.5, 0.6) is 11.5 Å². The van der Waals surface area contributed by atoms with E-state index in [9.17, 15) is 14.0 Å². The van der Waals surface area contributed by atoms with Gasteiger partial charge in [-0.25, -0.2) is 4.39 Å². The van der Waals surface area contributed by atoms with E-state index >= 15 is 0 Å². The average molecular weight is 380 g/mol. The molecule has 2 aromatic rings. The zero-order chi connectivity index (χ0) is 19.3. The summed E-state index contributed by atoms with van der Waals surface area (Å²) >= 11 is 0. The number of anilines is 1. The molecule has 0 aromatic heterocycles. The standard InChI is InChI=1S/C21H17FN2O4/c22-14-3-1-2-13(8-14)4-7-20(25)23-11-16-9-17(23)21(26)24(16)15-5-6-18-19(10-15)28-12-27-18/h1-8,10,16-17H,9,11-12H2/t16-,17-/m0/s1. The number of benzene rings is 2. The van der Waals surface area contributed by atoms with Crippen LogP contribution < -0.4 is 14.4 Å². The van der Waals surface area contributed by atoms with Crippen molar-refractivity contribution in [2.24, 2.45) is 0 Å². The maximum atomic E-state index is 13.3. The van der Waals surface area contributed by atoms with Gasteiger partial charge in [-0.3, -0.25) is 9.59 Å². The zero-order valence-electron chi connectivity index (χ0n) is 14.9. The second kappa shape index (κ2) is 6.37. The number of rotatable bonds is 3. The van der Waals surface area contributed by atoms with E-state index in [4.69, 9.17) is 9.47 Å². The summed E-state index contributed by atoms with van der Waals surface area (Å²) in [6.45, 7) is 0.649. The fraction of sp³-hybridized carbons (Fsp3) is 0.238. The van der Waals surface area contributed by atoms with E-state index in [1.807, 2.05) is 6.07 Å². The van der Waals surface area contributed by atoms with Crippen LogP contribution in [0.1, 0.15) is 12.0 Å². The molecule has 142 valence electrons. The summed E-state index contributed by atoms with van der Waals surface area (Å²) in [4.78, 5) is 28.8. The SMILES string of the molecule is O=C(C=Cc1cccc(F)c1)N1C[C@@H]2C[C@H]1C(=O)N2c1ccc2c(c1)OCO2. The van der Waals surface area contributed by atoms with Crippen LogP contribution in [0.25, 0.3) is 6.08 Å². The molecule has 0 aliphatic carbocycles. The van der Waals surface area contributed by atoms with Crippen molar-refractivity contribution in [1.82, 2.24) is 4.90 Å². The Morgan fingerprint density at radius 1 is 1.14 bits per heavy atom. The highest BCUT2D eigenvalue weighted by Gasteiger charge is 2.51. The minimum absolute atomic E-state index is 0.0654. The maximum Gasteiger partial charge on any atom is 0.250 e. The van der Waals surface area contributed by atoms with Gasteiger partial charge in [0.25, 0.3) is 0 Å². The summed E-state index contributed by atoms with van der Waals surface area (Å²) in [6.07, 6.45) is 3.57. The van der Waals surface area contributed by atoms with Crippen LogP contribution in [-0.2, 0) is 9.59 Å². The molecule has 7 heteroatoms. The summed E-state index contributed by atoms with van der Waals surface area (Å²) in [5, 5.41) is 0. The number of piperazine rings is 1. The number of amides is 2. The molecular weight excluding hydrogens is 363 g/mol. The number of fused-ring (bicyclic) bond motifs is 3. The van der Waals surface area contributed by atoms with Gasteiger partial charge >= 0.3 is 0 Å². The number of halogens is 1. The molecule has 2 bridgehead atoms. The lowest BCUT2D eigenvalue weighted by molar-refractivity contribution is -0.134. The first kappa shape index (κ1) is 16.8. The smallest absolute Gasteiger partial charge is 0.250 e. The first-order chi connectivity index (χ1) is 13.6. The second-order valence-corrected chi connectivity index (χ2v) is 7.03. The second-order valence-electron chi connectivity index (χ2n) is 7.03. The number of likely N-dealkylation sites (tertiary alicyclic amines) is 1. The van der Waals surface area contributed by atoms with Crippen molar-refractivity contribution in [3.05, 3.63) is 59.9 Å². The molecule has 6 nitrogen and oxygen atoms in total. The molecule has 0 spiro atoms. The van der Waals surface area contributed by atoms with Gasteiger partial charge in [0.2, 0.25) is 18.6 Å². The summed E-state index contributed by atoms with van der Waals surface area (Å²) in [5.41, 5.74) is 1.36. The Labute approximate surface area is 160 Å². The van der Waals surface area contributed by atoms with Gasteiger partial charge in [-0.05, 0) is 42.3 Å². The quantitative estimate of drug-likeness (QED) is 0.768. The molecule has 2 amide bonds. The van der Waals surface area contributed by atoms with Gasteiger partial charge in [-0.2, -0.15) is 0 Å². The van der Waals surface area contributed by atoms with Crippen molar-refractivity contribution >= 4 is 23.6 Å². The Hall–Kier alpha value is -3.35. The lowest BCUT2D eigenvalue weighted by Crippen LogP contribution is -2.52. The van der Waals surface area contributed by atoms with Crippen molar-refractivity contribution in [2.45, 2.75) is 18.5 Å². The van der Waals surface area contributed by atoms with Crippen LogP contribution in [0.4, 0.5) is 10.1 Å². The van der Waals surface area contributed by atoms with Crippen molar-refractivity contribution in [2.75, 3.05) is 18.2 Å². The Bertz CT molecular complexity index is 1010. The van der Waals surface area contributed by atoms with Crippen LogP contribution in [0, 0.1) is 5.82 Å². The normalized spacial score (nSPS) is 22.5. The van der Waals surface area contributed by atoms with E-state index in [1.165, 1.54) is 18.2 Å². The molecule has 0 unspecified atom stereocenters. The molecule has 0 N–H and O–H groups in total. The third-order valence-corrected chi connectivity index (χ3v) is 5.35. The molecule has 3 aliphatic rings. The van der Waals surface area contributed by atoms with Gasteiger partial charge in [-0.1, -0.05) is 12.1 Å². The van der Waals surface area contributed by atoms with E-state index in [2.05, 4.69) is 0 Å². The van der Waals surface area contributed by atoms with Crippen molar-refractivity contribution in [1.29, 1.82) is 0 Å². The van der Waals surface area contributed by atoms with Gasteiger partial charge < -0.3 is 19.3 Å². The summed E-state index contributed by atoms with van der Waals surface area (Å²) in [6, 6.07) is 10.9. The Kier molecular flexibility index (Phi) is 3.82. The number of carbonyl (C=O) groups excluding carboxylic acids is 2. The van der Waals surface area contributed by atoms with Gasteiger partial charge in [0.05, 0.1) is 6.04 Å². The topological polar surface area (TPSA) is 59.1 Å². The molecule has 3 aliphatic heterocycles. The lowest BCUT2D eigenvalue weighted by atomic mass is 10.2. The van der Waals surface area contributed by atoms with Crippen LogP contribution in [0.3, 0.4) is 0 Å². The van der Waals surface area contributed by atoms with Crippen molar-refractivity contribution < 1.29 is 23.5 Å². The Morgan fingerprint density at radius 3 is 2.82 bits per heavy atom. The summed E-state index contributed by atoms with van der Waals surface area (Å²) < 4.78 is 24.0. The lowest BCUT2D eigenvalue weighted by Gasteiger charge is -2.33. The van der Waals surface area contributed by atoms with E-state index in [0.29, 0.717) is 30.0 Å². The van der Waals surface area contributed by atoms with E-state index < -0.39 is 6.04 Å². The van der Waals surface area contributed by atoms with E-state index in [-0.39, 0.29) is 30.5 Å². The highest BCUT2D eigenvalue weighted by atomic mass is 19.1. The van der Waals surface area contributed by atoms with E-state index in [0.717, 1.165) is 5.69 Å². The van der Waals surface area contributed by atoms with Gasteiger partial charge in [0.15, 0.2) is 11.5 Å². The number of carbonyl (C=O) groups is 2. The van der Waals surface area contributed by atoms with Crippen molar-refractivity contribution in [3.8, 4) is 11.5 Å². The van der Waals surface area contributed by atoms with Crippen LogP contribution in [0.2, 0.25) is 0 Å². The predicted molar refractivity (Wildman–Crippen MR) is 99.4 cm³/mol. The zero-order valence-corrected chi connectivity index (χ0v) is 14.9. The minimum atomic E-state index is -0.472. The monoisotopic (exact) mass is 380 g/mol. The van der Waals surface area contributed by atoms with Crippen LogP contribution in [0.15, 0.2) is 48.5 Å². The molecule has 0 radical (unpaired) electrons. The van der Waals surface area contributed by atoms with Crippen molar-refractivity contribution in [3.63, 3.8) is 0 Å². The molecule has 2 fully saturated rings. The number of nitrogens with zero attached hydrogens (tertiary/aromatic N) is 2. The molecule has 28 heavy (non-hydrogen) atoms. The molecular formula is C21H17FN2O4. The minimum Gasteiger partial charge on any atom is -0.454 e. The summed E-state index contributed by atoms with van der Waals surface area (Å²) in [7, 11) is 0. The average Bonchev–Trinajstić information content (AvgIpc) is 3.39. The highest BCUT2D eigenvalue weighted by Crippen LogP contribution is 2.40. The number of hydrogen-bond acceptors (Lipinski definition) is 4. The van der Waals surface area contributed by atoms with Gasteiger partial charge in [0, 0.05) is 24.4 Å². The fourth-order valence-electron chi connectivity index (χ4n) is 4.07. The van der Waals surface area contributed by atoms with Crippen LogP contribution in [-0.4, -0.2) is 42.1 Å². The number of hydrogen-bond donors (Lipinski definition) is 0. The molecule has 0 saturated carbocycles. The fourth-order valence-corrected chi connectivity index (χ4v) is 4.07. The Morgan fingerprint density at radius 2 is 2.00 bits per heavy atom. The molecule has 2 atom stereocenters. The maximum absolute atomic E-state index is 13.3. The molecule has 5 rings (SSSR count). The third kappa shape index (κ3) is 2.70. The number of ether oxygens (including phenoxy) is 2. The first-order valence-electron chi connectivity index (χ1n) is 9.07. The highest BCUT2D eigenvalue weighted by molar-refractivity contribution is 6.05. The first-order valence-corrected chi connectivity index (χ1v) is 9.07. The van der Waals surface area contributed by atoms with Gasteiger partial charge in [0.1, 0.15) is 11.9 Å². The molecule has 3 heterocycles. The van der Waals surface area contributed by atoms with Crippen LogP contribution >= 0.6 is 0 Å². The summed E-state index contributed by atoms with van der Waals surface area (Å²) in [5.74, 6) is 0.598. The molecule has 2 saturated heterocycles. The Balaban J connectivity index is 1.31. The molecule has 2 aromatic carbocycles. The van der Waals surface area contributed by atoms with Gasteiger partial charge in [-0.15, -0.1) is 0 Å².